The summed E-state index contributed by atoms with van der Waals surface area (Å²) in [6.07, 6.45) is 12.6. The molecule has 2 aliphatic carbocycles. The van der Waals surface area contributed by atoms with E-state index in [1.54, 1.807) is 29.2 Å². The summed E-state index contributed by atoms with van der Waals surface area (Å²) in [7, 11) is 2.08. The minimum absolute atomic E-state index is 0.0440. The summed E-state index contributed by atoms with van der Waals surface area (Å²) in [5.74, 6) is -0.0384. The second-order valence-electron chi connectivity index (χ2n) is 14.3. The Hall–Kier alpha value is -5.07. The van der Waals surface area contributed by atoms with Crippen molar-refractivity contribution in [3.8, 4) is 22.6 Å². The third kappa shape index (κ3) is 6.85. The minimum atomic E-state index is -0.651. The molecular weight excluding hydrogens is 652 g/mol. The van der Waals surface area contributed by atoms with Crippen LogP contribution < -0.4 is 21.9 Å². The molecule has 0 amide bonds. The molecule has 1 unspecified atom stereocenters. The van der Waals surface area contributed by atoms with Gasteiger partial charge in [-0.3, -0.25) is 9.36 Å². The standard InChI is InChI=1S/C39H41F2N7O3/c1-45(20-24-5-6-24)21-26-16-33(49)12-13-34(26)25-3-2-4-32(15-25)47-37-35(17-28(41)18-43-37)38(50)48(39(47)51)31-10-8-29(9-11-31)42-19-30-23-46-22-27(40)7-14-36(46)44-30/h2-4,7,12-18,22-24,29,31,36,42,44,49H,5-6,8-11,19-21H2,1H3/t29-,31+,36?. The number of phenolic OH excluding ortho intramolecular Hbond substituents is 1. The van der Waals surface area contributed by atoms with Crippen molar-refractivity contribution >= 4 is 11.0 Å². The van der Waals surface area contributed by atoms with Gasteiger partial charge in [0.15, 0.2) is 5.65 Å². The summed E-state index contributed by atoms with van der Waals surface area (Å²) in [6, 6.07) is 13.8. The number of hydrogen-bond acceptors (Lipinski definition) is 8. The van der Waals surface area contributed by atoms with E-state index in [4.69, 9.17) is 0 Å². The number of fused-ring (bicyclic) bond motifs is 2. The van der Waals surface area contributed by atoms with Crippen molar-refractivity contribution in [3.63, 3.8) is 0 Å². The molecule has 2 saturated carbocycles. The number of pyridine rings is 1. The van der Waals surface area contributed by atoms with E-state index >= 15 is 0 Å². The maximum Gasteiger partial charge on any atom is 0.337 e. The van der Waals surface area contributed by atoms with Crippen LogP contribution in [0.2, 0.25) is 0 Å². The van der Waals surface area contributed by atoms with Crippen LogP contribution in [0, 0.1) is 11.7 Å². The van der Waals surface area contributed by atoms with Crippen molar-refractivity contribution in [3.05, 3.63) is 123 Å². The van der Waals surface area contributed by atoms with Crippen molar-refractivity contribution < 1.29 is 13.9 Å². The first-order valence-electron chi connectivity index (χ1n) is 17.7. The van der Waals surface area contributed by atoms with Gasteiger partial charge in [0.05, 0.1) is 17.3 Å². The fourth-order valence-corrected chi connectivity index (χ4v) is 7.72. The Balaban J connectivity index is 1.07. The van der Waals surface area contributed by atoms with E-state index in [-0.39, 0.29) is 40.9 Å². The zero-order valence-corrected chi connectivity index (χ0v) is 28.4. The molecule has 2 aromatic carbocycles. The maximum absolute atomic E-state index is 14.6. The topological polar surface area (TPSA) is 108 Å². The highest BCUT2D eigenvalue weighted by Gasteiger charge is 2.29. The minimum Gasteiger partial charge on any atom is -0.508 e. The third-order valence-corrected chi connectivity index (χ3v) is 10.4. The van der Waals surface area contributed by atoms with Gasteiger partial charge in [-0.15, -0.1) is 0 Å². The first-order valence-corrected chi connectivity index (χ1v) is 17.7. The van der Waals surface area contributed by atoms with E-state index in [0.29, 0.717) is 31.6 Å². The van der Waals surface area contributed by atoms with Crippen LogP contribution in [0.25, 0.3) is 27.8 Å². The molecule has 0 saturated heterocycles. The number of allylic oxidation sites excluding steroid dienone is 2. The molecule has 264 valence electrons. The van der Waals surface area contributed by atoms with Gasteiger partial charge in [-0.25, -0.2) is 23.1 Å². The molecule has 12 heteroatoms. The second kappa shape index (κ2) is 13.6. The molecule has 8 rings (SSSR count). The first kappa shape index (κ1) is 33.1. The number of rotatable bonds is 10. The Labute approximate surface area is 294 Å². The molecule has 0 spiro atoms. The van der Waals surface area contributed by atoms with Gasteiger partial charge in [0, 0.05) is 49.8 Å². The predicted molar refractivity (Wildman–Crippen MR) is 192 cm³/mol. The smallest absolute Gasteiger partial charge is 0.337 e. The monoisotopic (exact) mass is 693 g/mol. The predicted octanol–water partition coefficient (Wildman–Crippen LogP) is 5.43. The van der Waals surface area contributed by atoms with E-state index in [1.165, 1.54) is 34.3 Å². The Morgan fingerprint density at radius 3 is 2.65 bits per heavy atom. The van der Waals surface area contributed by atoms with E-state index in [0.717, 1.165) is 60.0 Å². The highest BCUT2D eigenvalue weighted by Crippen LogP contribution is 2.33. The molecule has 1 atom stereocenters. The summed E-state index contributed by atoms with van der Waals surface area (Å²) in [6.45, 7) is 2.22. The lowest BCUT2D eigenvalue weighted by molar-refractivity contribution is 0.283. The van der Waals surface area contributed by atoms with Gasteiger partial charge >= 0.3 is 5.69 Å². The SMILES string of the molecule is CN(Cc1cc(O)ccc1-c1cccc(-n2c(=O)n([C@H]3CC[C@@H](NCC4=CN5C=C(F)C=CC5N4)CC3)c(=O)c3cc(F)cnc32)c1)CC1CC1. The molecule has 4 aliphatic rings. The molecule has 2 aromatic heterocycles. The molecule has 4 aromatic rings. The number of hydrogen-bond donors (Lipinski definition) is 3. The van der Waals surface area contributed by atoms with Crippen molar-refractivity contribution in [1.29, 1.82) is 0 Å². The van der Waals surface area contributed by atoms with Gasteiger partial charge in [0.25, 0.3) is 5.56 Å². The first-order chi connectivity index (χ1) is 24.7. The Morgan fingerprint density at radius 1 is 1.02 bits per heavy atom. The van der Waals surface area contributed by atoms with Crippen LogP contribution in [0.4, 0.5) is 8.78 Å². The highest BCUT2D eigenvalue weighted by molar-refractivity contribution is 5.77. The molecule has 2 aliphatic heterocycles. The summed E-state index contributed by atoms with van der Waals surface area (Å²) < 4.78 is 30.9. The van der Waals surface area contributed by atoms with Gasteiger partial charge in [-0.1, -0.05) is 18.2 Å². The van der Waals surface area contributed by atoms with E-state index in [9.17, 15) is 23.5 Å². The van der Waals surface area contributed by atoms with Crippen LogP contribution in [0.3, 0.4) is 0 Å². The number of phenols is 1. The second-order valence-corrected chi connectivity index (χ2v) is 14.3. The summed E-state index contributed by atoms with van der Waals surface area (Å²) in [4.78, 5) is 36.6. The van der Waals surface area contributed by atoms with E-state index < -0.39 is 17.1 Å². The molecule has 51 heavy (non-hydrogen) atoms. The van der Waals surface area contributed by atoms with E-state index in [1.807, 2.05) is 30.5 Å². The average Bonchev–Trinajstić information content (AvgIpc) is 3.84. The van der Waals surface area contributed by atoms with Crippen LogP contribution in [-0.2, 0) is 6.54 Å². The van der Waals surface area contributed by atoms with Crippen molar-refractivity contribution in [1.82, 2.24) is 34.6 Å². The van der Waals surface area contributed by atoms with Gasteiger partial charge in [-0.05, 0) is 111 Å². The van der Waals surface area contributed by atoms with Gasteiger partial charge in [-0.2, -0.15) is 0 Å². The number of aromatic nitrogens is 3. The van der Waals surface area contributed by atoms with Crippen LogP contribution in [0.15, 0.2) is 100 Å². The lowest BCUT2D eigenvalue weighted by atomic mass is 9.91. The van der Waals surface area contributed by atoms with Gasteiger partial charge in [0.2, 0.25) is 0 Å². The van der Waals surface area contributed by atoms with Crippen LogP contribution in [-0.4, -0.2) is 61.4 Å². The van der Waals surface area contributed by atoms with Crippen LogP contribution in [0.5, 0.6) is 5.75 Å². The number of aromatic hydroxyl groups is 1. The molecule has 0 radical (unpaired) electrons. The van der Waals surface area contributed by atoms with Gasteiger partial charge in [0.1, 0.15) is 23.6 Å². The van der Waals surface area contributed by atoms with Crippen LogP contribution in [0.1, 0.15) is 50.1 Å². The molecule has 2 fully saturated rings. The fourth-order valence-electron chi connectivity index (χ4n) is 7.72. The van der Waals surface area contributed by atoms with Crippen molar-refractivity contribution in [2.45, 2.75) is 63.3 Å². The van der Waals surface area contributed by atoms with Crippen molar-refractivity contribution in [2.24, 2.45) is 5.92 Å². The quantitative estimate of drug-likeness (QED) is 0.202. The summed E-state index contributed by atoms with van der Waals surface area (Å²) in [5.41, 5.74) is 3.23. The summed E-state index contributed by atoms with van der Waals surface area (Å²) in [5, 5.41) is 17.3. The van der Waals surface area contributed by atoms with Crippen molar-refractivity contribution in [2.75, 3.05) is 20.1 Å². The fraction of sp³-hybridized carbons (Fsp3) is 0.359. The molecule has 0 bridgehead atoms. The Kier molecular flexibility index (Phi) is 8.81. The molecule has 10 nitrogen and oxygen atoms in total. The third-order valence-electron chi connectivity index (χ3n) is 10.4. The normalized spacial score (nSPS) is 21.5. The summed E-state index contributed by atoms with van der Waals surface area (Å²) >= 11 is 0. The number of benzene rings is 2. The van der Waals surface area contributed by atoms with E-state index in [2.05, 4.69) is 27.6 Å². The highest BCUT2D eigenvalue weighted by atomic mass is 19.1. The average molecular weight is 694 g/mol. The number of nitrogens with zero attached hydrogens (tertiary/aromatic N) is 5. The molecule has 3 N–H and O–H groups in total. The lowest BCUT2D eigenvalue weighted by Gasteiger charge is -2.30. The zero-order chi connectivity index (χ0) is 35.2. The number of halogens is 2. The van der Waals surface area contributed by atoms with Gasteiger partial charge < -0.3 is 25.5 Å². The lowest BCUT2D eigenvalue weighted by Crippen LogP contribution is -2.45. The zero-order valence-electron chi connectivity index (χ0n) is 28.4. The molecule has 4 heterocycles. The maximum atomic E-state index is 14.6. The molecular formula is C39H41F2N7O3. The largest absolute Gasteiger partial charge is 0.508 e. The Bertz CT molecular complexity index is 2200. The Morgan fingerprint density at radius 2 is 1.84 bits per heavy atom. The van der Waals surface area contributed by atoms with Crippen LogP contribution >= 0.6 is 0 Å². The number of nitrogens with one attached hydrogen (secondary N) is 2.